The van der Waals surface area contributed by atoms with Crippen molar-refractivity contribution in [3.8, 4) is 17.2 Å². The van der Waals surface area contributed by atoms with E-state index in [4.69, 9.17) is 18.9 Å². The summed E-state index contributed by atoms with van der Waals surface area (Å²) in [7, 11) is 1.58. The second-order valence-corrected chi connectivity index (χ2v) is 12.6. The van der Waals surface area contributed by atoms with E-state index in [1.54, 1.807) is 31.6 Å². The Morgan fingerprint density at radius 2 is 1.74 bits per heavy atom. The molecule has 0 amide bonds. The summed E-state index contributed by atoms with van der Waals surface area (Å²) in [6.45, 7) is 6.45. The highest BCUT2D eigenvalue weighted by Gasteiger charge is 2.33. The molecule has 5 aromatic rings. The van der Waals surface area contributed by atoms with Gasteiger partial charge in [0.15, 0.2) is 16.3 Å². The number of allylic oxidation sites excluding steroid dienone is 1. The third-order valence-corrected chi connectivity index (χ3v) is 9.44. The fourth-order valence-corrected chi connectivity index (χ4v) is 7.29. The molecule has 1 aliphatic rings. The second-order valence-electron chi connectivity index (χ2n) is 10.8. The Balaban J connectivity index is 1.39. The molecule has 1 atom stereocenters. The summed E-state index contributed by atoms with van der Waals surface area (Å²) >= 11 is 4.81. The fraction of sp³-hybridized carbons (Fsp3) is 0.216. The summed E-state index contributed by atoms with van der Waals surface area (Å²) in [4.78, 5) is 32.5. The quantitative estimate of drug-likeness (QED) is 0.150. The van der Waals surface area contributed by atoms with Crippen molar-refractivity contribution >= 4 is 50.1 Å². The lowest BCUT2D eigenvalue weighted by molar-refractivity contribution is -0.139. The summed E-state index contributed by atoms with van der Waals surface area (Å²) in [5.41, 5.74) is 3.10. The molecular weight excluding hydrogens is 680 g/mol. The normalized spacial score (nSPS) is 14.5. The van der Waals surface area contributed by atoms with E-state index in [-0.39, 0.29) is 12.2 Å². The van der Waals surface area contributed by atoms with Gasteiger partial charge in [0, 0.05) is 0 Å². The number of fused-ring (bicyclic) bond motifs is 2. The standard InChI is InChI=1S/C37H33BrN2O6S/c1-5-44-31-18-23(14-16-30(31)46-21-26-12-9-11-24-10-7-8-13-27(24)26)19-32-35(41)40-34(25-15-17-29(43-4)28(38)20-25)33(36(42)45-6-2)22(3)39-37(40)47-32/h7-20,34H,5-6,21H2,1-4H3/b32-19+/t34-/m0/s1. The molecule has 0 radical (unpaired) electrons. The van der Waals surface area contributed by atoms with Crippen molar-refractivity contribution in [1.82, 2.24) is 4.57 Å². The predicted octanol–water partition coefficient (Wildman–Crippen LogP) is 6.70. The van der Waals surface area contributed by atoms with Crippen molar-refractivity contribution in [2.75, 3.05) is 20.3 Å². The van der Waals surface area contributed by atoms with Crippen LogP contribution in [0.4, 0.5) is 0 Å². The van der Waals surface area contributed by atoms with Crippen molar-refractivity contribution in [2.45, 2.75) is 33.4 Å². The summed E-state index contributed by atoms with van der Waals surface area (Å²) in [6, 6.07) is 24.8. The zero-order valence-electron chi connectivity index (χ0n) is 26.4. The Kier molecular flexibility index (Phi) is 9.60. The van der Waals surface area contributed by atoms with Crippen LogP contribution in [0, 0.1) is 0 Å². The van der Waals surface area contributed by atoms with Gasteiger partial charge in [-0.3, -0.25) is 9.36 Å². The van der Waals surface area contributed by atoms with Crippen LogP contribution >= 0.6 is 27.3 Å². The number of rotatable bonds is 10. The summed E-state index contributed by atoms with van der Waals surface area (Å²) in [5.74, 6) is 1.31. The molecule has 47 heavy (non-hydrogen) atoms. The van der Waals surface area contributed by atoms with Crippen molar-refractivity contribution in [1.29, 1.82) is 0 Å². The topological polar surface area (TPSA) is 88.4 Å². The van der Waals surface area contributed by atoms with Crippen LogP contribution < -0.4 is 29.1 Å². The Bertz CT molecular complexity index is 2200. The summed E-state index contributed by atoms with van der Waals surface area (Å²) < 4.78 is 25.8. The molecule has 4 aromatic carbocycles. The molecule has 0 saturated carbocycles. The third-order valence-electron chi connectivity index (χ3n) is 7.84. The van der Waals surface area contributed by atoms with Gasteiger partial charge in [-0.25, -0.2) is 9.79 Å². The Hall–Kier alpha value is -4.67. The molecule has 8 nitrogen and oxygen atoms in total. The van der Waals surface area contributed by atoms with Gasteiger partial charge in [-0.2, -0.15) is 0 Å². The smallest absolute Gasteiger partial charge is 0.338 e. The van der Waals surface area contributed by atoms with Crippen molar-refractivity contribution in [3.05, 3.63) is 131 Å². The Labute approximate surface area is 284 Å². The zero-order chi connectivity index (χ0) is 33.1. The molecular formula is C37H33BrN2O6S. The van der Waals surface area contributed by atoms with E-state index < -0.39 is 12.0 Å². The first-order valence-corrected chi connectivity index (χ1v) is 16.8. The van der Waals surface area contributed by atoms with Crippen LogP contribution in [0.1, 0.15) is 43.5 Å². The molecule has 6 rings (SSSR count). The van der Waals surface area contributed by atoms with Gasteiger partial charge in [0.1, 0.15) is 12.4 Å². The molecule has 1 aliphatic heterocycles. The molecule has 240 valence electrons. The van der Waals surface area contributed by atoms with E-state index in [0.717, 1.165) is 21.9 Å². The molecule has 0 saturated heterocycles. The highest BCUT2D eigenvalue weighted by molar-refractivity contribution is 9.10. The van der Waals surface area contributed by atoms with E-state index in [2.05, 4.69) is 45.2 Å². The average Bonchev–Trinajstić information content (AvgIpc) is 3.37. The minimum absolute atomic E-state index is 0.197. The first-order chi connectivity index (χ1) is 22.8. The maximum Gasteiger partial charge on any atom is 0.338 e. The van der Waals surface area contributed by atoms with Crippen LogP contribution in [-0.2, 0) is 16.1 Å². The number of benzene rings is 4. The predicted molar refractivity (Wildman–Crippen MR) is 187 cm³/mol. The molecule has 0 spiro atoms. The third kappa shape index (κ3) is 6.48. The Morgan fingerprint density at radius 3 is 2.51 bits per heavy atom. The molecule has 0 fully saturated rings. The number of aromatic nitrogens is 1. The van der Waals surface area contributed by atoms with Gasteiger partial charge in [0.05, 0.1) is 46.6 Å². The van der Waals surface area contributed by atoms with Gasteiger partial charge < -0.3 is 18.9 Å². The van der Waals surface area contributed by atoms with Crippen LogP contribution in [0.15, 0.2) is 104 Å². The van der Waals surface area contributed by atoms with Gasteiger partial charge in [-0.15, -0.1) is 0 Å². The molecule has 0 bridgehead atoms. The van der Waals surface area contributed by atoms with Crippen molar-refractivity contribution in [2.24, 2.45) is 4.99 Å². The molecule has 0 aliphatic carbocycles. The monoisotopic (exact) mass is 712 g/mol. The van der Waals surface area contributed by atoms with Gasteiger partial charge >= 0.3 is 5.97 Å². The fourth-order valence-electron chi connectivity index (χ4n) is 5.69. The van der Waals surface area contributed by atoms with E-state index in [9.17, 15) is 9.59 Å². The minimum Gasteiger partial charge on any atom is -0.496 e. The maximum atomic E-state index is 14.1. The van der Waals surface area contributed by atoms with Gasteiger partial charge in [0.2, 0.25) is 0 Å². The average molecular weight is 714 g/mol. The van der Waals surface area contributed by atoms with E-state index >= 15 is 0 Å². The number of ether oxygens (including phenoxy) is 4. The molecule has 0 unspecified atom stereocenters. The molecule has 2 heterocycles. The minimum atomic E-state index is -0.738. The first-order valence-electron chi connectivity index (χ1n) is 15.2. The van der Waals surface area contributed by atoms with Crippen molar-refractivity contribution in [3.63, 3.8) is 0 Å². The van der Waals surface area contributed by atoms with Crippen LogP contribution in [0.2, 0.25) is 0 Å². The van der Waals surface area contributed by atoms with Gasteiger partial charge in [0.25, 0.3) is 5.56 Å². The first kappa shape index (κ1) is 32.3. The number of carbonyl (C=O) groups excluding carboxylic acids is 1. The highest BCUT2D eigenvalue weighted by Crippen LogP contribution is 2.35. The van der Waals surface area contributed by atoms with Gasteiger partial charge in [-0.05, 0) is 94.5 Å². The van der Waals surface area contributed by atoms with Crippen LogP contribution in [-0.4, -0.2) is 30.9 Å². The lowest BCUT2D eigenvalue weighted by Gasteiger charge is -2.25. The SMILES string of the molecule is CCOC(=O)C1=C(C)N=c2s/c(=C/c3ccc(OCc4cccc5ccccc45)c(OCC)c3)c(=O)n2[C@H]1c1ccc(OC)c(Br)c1. The van der Waals surface area contributed by atoms with Crippen LogP contribution in [0.3, 0.4) is 0 Å². The summed E-state index contributed by atoms with van der Waals surface area (Å²) in [6.07, 6.45) is 1.81. The number of thiazole rings is 1. The Morgan fingerprint density at radius 1 is 0.957 bits per heavy atom. The number of hydrogen-bond donors (Lipinski definition) is 0. The number of halogens is 1. The number of methoxy groups -OCH3 is 1. The highest BCUT2D eigenvalue weighted by atomic mass is 79.9. The van der Waals surface area contributed by atoms with E-state index in [1.807, 2.05) is 61.5 Å². The molecule has 10 heteroatoms. The van der Waals surface area contributed by atoms with Crippen molar-refractivity contribution < 1.29 is 23.7 Å². The number of nitrogens with zero attached hydrogens (tertiary/aromatic N) is 2. The second kappa shape index (κ2) is 14.0. The largest absolute Gasteiger partial charge is 0.496 e. The molecule has 0 N–H and O–H groups in total. The number of hydrogen-bond acceptors (Lipinski definition) is 8. The zero-order valence-corrected chi connectivity index (χ0v) is 28.8. The van der Waals surface area contributed by atoms with Crippen LogP contribution in [0.5, 0.6) is 17.2 Å². The number of carbonyl (C=O) groups is 1. The lowest BCUT2D eigenvalue weighted by atomic mass is 9.96. The van der Waals surface area contributed by atoms with E-state index in [0.29, 0.717) is 61.1 Å². The van der Waals surface area contributed by atoms with Crippen LogP contribution in [0.25, 0.3) is 16.8 Å². The molecule has 1 aromatic heterocycles. The lowest BCUT2D eigenvalue weighted by Crippen LogP contribution is -2.39. The summed E-state index contributed by atoms with van der Waals surface area (Å²) in [5, 5.41) is 2.29. The maximum absolute atomic E-state index is 14.1. The van der Waals surface area contributed by atoms with Gasteiger partial charge in [-0.1, -0.05) is 65.9 Å². The van der Waals surface area contributed by atoms with E-state index in [1.165, 1.54) is 11.3 Å². The number of esters is 1.